The third-order valence-electron chi connectivity index (χ3n) is 3.11. The Kier molecular flexibility index (Phi) is 4.59. The fourth-order valence-electron chi connectivity index (χ4n) is 2.15. The number of sulfonamides is 1. The van der Waals surface area contributed by atoms with Crippen molar-refractivity contribution in [1.29, 1.82) is 0 Å². The summed E-state index contributed by atoms with van der Waals surface area (Å²) >= 11 is 1.17. The number of nitrogens with zero attached hydrogens (tertiary/aromatic N) is 1. The minimum Gasteiger partial charge on any atom is -0.352 e. The second-order valence-corrected chi connectivity index (χ2v) is 7.26. The maximum Gasteiger partial charge on any atom is 0.262 e. The van der Waals surface area contributed by atoms with Crippen LogP contribution in [-0.4, -0.2) is 38.3 Å². The lowest BCUT2D eigenvalue weighted by Gasteiger charge is -2.25. The van der Waals surface area contributed by atoms with Crippen LogP contribution in [0.15, 0.2) is 16.3 Å². The number of nitrogens with one attached hydrogen (secondary N) is 1. The van der Waals surface area contributed by atoms with Crippen molar-refractivity contribution < 1.29 is 13.2 Å². The van der Waals surface area contributed by atoms with Crippen LogP contribution in [0.2, 0.25) is 0 Å². The van der Waals surface area contributed by atoms with Gasteiger partial charge in [-0.3, -0.25) is 4.79 Å². The van der Waals surface area contributed by atoms with Gasteiger partial charge in [-0.25, -0.2) is 8.42 Å². The third-order valence-corrected chi connectivity index (χ3v) is 6.09. The minimum atomic E-state index is -3.53. The van der Waals surface area contributed by atoms with Crippen LogP contribution >= 0.6 is 11.3 Å². The summed E-state index contributed by atoms with van der Waals surface area (Å²) in [7, 11) is -3.53. The number of rotatable bonds is 4. The Labute approximate surface area is 117 Å². The molecule has 0 aromatic carbocycles. The van der Waals surface area contributed by atoms with Crippen molar-refractivity contribution in [2.45, 2.75) is 31.1 Å². The monoisotopic (exact) mass is 302 g/mol. The number of amides is 1. The lowest BCUT2D eigenvalue weighted by Crippen LogP contribution is -2.36. The van der Waals surface area contributed by atoms with Crippen LogP contribution in [0.1, 0.15) is 35.9 Å². The lowest BCUT2D eigenvalue weighted by molar-refractivity contribution is 0.0956. The summed E-state index contributed by atoms with van der Waals surface area (Å²) in [5, 5.41) is 4.31. The molecule has 1 amide bonds. The maximum atomic E-state index is 12.5. The largest absolute Gasteiger partial charge is 0.352 e. The normalized spacial score (nSPS) is 17.3. The Morgan fingerprint density at radius 3 is 2.68 bits per heavy atom. The van der Waals surface area contributed by atoms with Crippen LogP contribution in [0.25, 0.3) is 0 Å². The van der Waals surface area contributed by atoms with Crippen LogP contribution in [-0.2, 0) is 10.0 Å². The van der Waals surface area contributed by atoms with Crippen molar-refractivity contribution in [3.05, 3.63) is 16.3 Å². The quantitative estimate of drug-likeness (QED) is 0.920. The Morgan fingerprint density at radius 1 is 1.37 bits per heavy atom. The zero-order valence-electron chi connectivity index (χ0n) is 10.9. The molecule has 1 aliphatic rings. The van der Waals surface area contributed by atoms with Crippen molar-refractivity contribution in [2.75, 3.05) is 19.6 Å². The van der Waals surface area contributed by atoms with Crippen molar-refractivity contribution >= 4 is 27.3 Å². The van der Waals surface area contributed by atoms with Gasteiger partial charge in [-0.2, -0.15) is 4.31 Å². The van der Waals surface area contributed by atoms with E-state index in [1.165, 1.54) is 21.7 Å². The minimum absolute atomic E-state index is 0.144. The van der Waals surface area contributed by atoms with Crippen molar-refractivity contribution in [2.24, 2.45) is 0 Å². The standard InChI is InChI=1S/C12H18N2O3S2/c1-2-13-12(15)11-10(6-9-18-11)19(16,17)14-7-4-3-5-8-14/h6,9H,2-5,7-8H2,1H3,(H,13,15). The number of piperidine rings is 1. The maximum absolute atomic E-state index is 12.5. The average Bonchev–Trinajstić information content (AvgIpc) is 2.90. The molecule has 2 rings (SSSR count). The van der Waals surface area contributed by atoms with Gasteiger partial charge in [-0.05, 0) is 31.2 Å². The molecule has 1 fully saturated rings. The Morgan fingerprint density at radius 2 is 2.05 bits per heavy atom. The topological polar surface area (TPSA) is 66.5 Å². The molecule has 106 valence electrons. The molecule has 1 aromatic rings. The molecule has 19 heavy (non-hydrogen) atoms. The summed E-state index contributed by atoms with van der Waals surface area (Å²) in [6.45, 7) is 3.39. The molecule has 5 nitrogen and oxygen atoms in total. The van der Waals surface area contributed by atoms with E-state index in [4.69, 9.17) is 0 Å². The van der Waals surface area contributed by atoms with Crippen molar-refractivity contribution in [1.82, 2.24) is 9.62 Å². The van der Waals surface area contributed by atoms with E-state index >= 15 is 0 Å². The van der Waals surface area contributed by atoms with Gasteiger partial charge in [0.25, 0.3) is 5.91 Å². The predicted molar refractivity (Wildman–Crippen MR) is 74.9 cm³/mol. The van der Waals surface area contributed by atoms with Gasteiger partial charge in [0.1, 0.15) is 9.77 Å². The van der Waals surface area contributed by atoms with Gasteiger partial charge in [0, 0.05) is 19.6 Å². The highest BCUT2D eigenvalue weighted by Crippen LogP contribution is 2.27. The first-order valence-electron chi connectivity index (χ1n) is 6.43. The first kappa shape index (κ1) is 14.5. The number of carbonyl (C=O) groups is 1. The fourth-order valence-corrected chi connectivity index (χ4v) is 4.99. The molecule has 0 bridgehead atoms. The van der Waals surface area contributed by atoms with E-state index in [0.717, 1.165) is 19.3 Å². The molecule has 7 heteroatoms. The molecule has 0 aliphatic carbocycles. The van der Waals surface area contributed by atoms with Crippen LogP contribution in [0.5, 0.6) is 0 Å². The molecular formula is C12H18N2O3S2. The Bertz CT molecular complexity index is 545. The van der Waals surface area contributed by atoms with Crippen molar-refractivity contribution in [3.8, 4) is 0 Å². The molecule has 0 radical (unpaired) electrons. The molecule has 1 saturated heterocycles. The zero-order chi connectivity index (χ0) is 13.9. The number of hydrogen-bond donors (Lipinski definition) is 1. The molecule has 0 spiro atoms. The molecule has 0 atom stereocenters. The van der Waals surface area contributed by atoms with Crippen LogP contribution in [0.4, 0.5) is 0 Å². The lowest BCUT2D eigenvalue weighted by atomic mass is 10.2. The van der Waals surface area contributed by atoms with Gasteiger partial charge in [-0.1, -0.05) is 6.42 Å². The highest BCUT2D eigenvalue weighted by Gasteiger charge is 2.30. The summed E-state index contributed by atoms with van der Waals surface area (Å²) in [6.07, 6.45) is 2.85. The Hall–Kier alpha value is -0.920. The van der Waals surface area contributed by atoms with E-state index < -0.39 is 10.0 Å². The summed E-state index contributed by atoms with van der Waals surface area (Å²) in [5.41, 5.74) is 0. The van der Waals surface area contributed by atoms with Gasteiger partial charge >= 0.3 is 0 Å². The second-order valence-electron chi connectivity index (χ2n) is 4.44. The average molecular weight is 302 g/mol. The molecule has 1 aliphatic heterocycles. The number of thiophene rings is 1. The van der Waals surface area contributed by atoms with Gasteiger partial charge < -0.3 is 5.32 Å². The predicted octanol–water partition coefficient (Wildman–Crippen LogP) is 1.67. The zero-order valence-corrected chi connectivity index (χ0v) is 12.5. The first-order chi connectivity index (χ1) is 9.07. The smallest absolute Gasteiger partial charge is 0.262 e. The first-order valence-corrected chi connectivity index (χ1v) is 8.75. The van der Waals surface area contributed by atoms with E-state index in [2.05, 4.69) is 5.32 Å². The summed E-state index contributed by atoms with van der Waals surface area (Å²) in [5.74, 6) is -0.312. The fraction of sp³-hybridized carbons (Fsp3) is 0.583. The van der Waals surface area contributed by atoms with Gasteiger partial charge in [0.2, 0.25) is 10.0 Å². The SMILES string of the molecule is CCNC(=O)c1sccc1S(=O)(=O)N1CCCCC1. The van der Waals surface area contributed by atoms with E-state index in [1.807, 2.05) is 6.92 Å². The molecule has 1 N–H and O–H groups in total. The molecular weight excluding hydrogens is 284 g/mol. The van der Waals surface area contributed by atoms with Crippen molar-refractivity contribution in [3.63, 3.8) is 0 Å². The third kappa shape index (κ3) is 2.98. The Balaban J connectivity index is 2.30. The van der Waals surface area contributed by atoms with Gasteiger partial charge in [-0.15, -0.1) is 11.3 Å². The van der Waals surface area contributed by atoms with E-state index in [0.29, 0.717) is 19.6 Å². The van der Waals surface area contributed by atoms with E-state index in [1.54, 1.807) is 5.38 Å². The highest BCUT2D eigenvalue weighted by atomic mass is 32.2. The van der Waals surface area contributed by atoms with Gasteiger partial charge in [0.05, 0.1) is 0 Å². The van der Waals surface area contributed by atoms with Crippen LogP contribution in [0, 0.1) is 0 Å². The molecule has 2 heterocycles. The van der Waals surface area contributed by atoms with E-state index in [-0.39, 0.29) is 15.7 Å². The van der Waals surface area contributed by atoms with Crippen LogP contribution in [0.3, 0.4) is 0 Å². The molecule has 1 aromatic heterocycles. The number of carbonyl (C=O) groups excluding carboxylic acids is 1. The number of hydrogen-bond acceptors (Lipinski definition) is 4. The molecule has 0 saturated carbocycles. The summed E-state index contributed by atoms with van der Waals surface area (Å²) in [6, 6.07) is 1.53. The second kappa shape index (κ2) is 6.02. The molecule has 0 unspecified atom stereocenters. The summed E-state index contributed by atoms with van der Waals surface area (Å²) < 4.78 is 26.5. The van der Waals surface area contributed by atoms with Crippen LogP contribution < -0.4 is 5.32 Å². The summed E-state index contributed by atoms with van der Waals surface area (Å²) in [4.78, 5) is 12.3. The highest BCUT2D eigenvalue weighted by molar-refractivity contribution is 7.89. The van der Waals surface area contributed by atoms with Gasteiger partial charge in [0.15, 0.2) is 0 Å². The van der Waals surface area contributed by atoms with E-state index in [9.17, 15) is 13.2 Å².